The molecule has 0 amide bonds. The molecule has 0 aliphatic heterocycles. The number of halogens is 1. The summed E-state index contributed by atoms with van der Waals surface area (Å²) in [7, 11) is 3.25. The lowest BCUT2D eigenvalue weighted by molar-refractivity contribution is 0.0872. The summed E-state index contributed by atoms with van der Waals surface area (Å²) in [5, 5.41) is 10.7. The van der Waals surface area contributed by atoms with Gasteiger partial charge in [-0.25, -0.2) is 0 Å². The van der Waals surface area contributed by atoms with Crippen molar-refractivity contribution in [1.82, 2.24) is 0 Å². The summed E-state index contributed by atoms with van der Waals surface area (Å²) in [6.07, 6.45) is 2.97. The van der Waals surface area contributed by atoms with Crippen LogP contribution in [0.5, 0.6) is 11.5 Å². The smallest absolute Gasteiger partial charge is 0.133 e. The number of aliphatic hydroxyl groups is 1. The number of methoxy groups -OCH3 is 2. The summed E-state index contributed by atoms with van der Waals surface area (Å²) in [6, 6.07) is 3.73. The highest BCUT2D eigenvalue weighted by molar-refractivity contribution is 9.10. The van der Waals surface area contributed by atoms with Crippen LogP contribution in [0.25, 0.3) is 0 Å². The van der Waals surface area contributed by atoms with Gasteiger partial charge in [0.05, 0.1) is 24.8 Å². The van der Waals surface area contributed by atoms with E-state index in [0.29, 0.717) is 17.6 Å². The van der Waals surface area contributed by atoms with E-state index in [1.54, 1.807) is 14.2 Å². The van der Waals surface area contributed by atoms with Gasteiger partial charge in [0.1, 0.15) is 11.5 Å². The van der Waals surface area contributed by atoms with Crippen molar-refractivity contribution in [2.24, 2.45) is 11.8 Å². The van der Waals surface area contributed by atoms with Gasteiger partial charge in [0.25, 0.3) is 0 Å². The zero-order chi connectivity index (χ0) is 14.0. The molecule has 0 radical (unpaired) electrons. The van der Waals surface area contributed by atoms with Crippen molar-refractivity contribution in [2.75, 3.05) is 14.2 Å². The topological polar surface area (TPSA) is 38.7 Å². The van der Waals surface area contributed by atoms with Gasteiger partial charge in [-0.3, -0.25) is 0 Å². The molecule has 3 nitrogen and oxygen atoms in total. The Hall–Kier alpha value is -0.740. The molecule has 0 spiro atoms. The van der Waals surface area contributed by atoms with E-state index < -0.39 is 6.10 Å². The molecular formula is C15H21BrO3. The Balaban J connectivity index is 2.36. The van der Waals surface area contributed by atoms with Crippen molar-refractivity contribution in [3.8, 4) is 11.5 Å². The molecule has 2 rings (SSSR count). The Morgan fingerprint density at radius 3 is 2.42 bits per heavy atom. The predicted octanol–water partition coefficient (Wildman–Crippen LogP) is 3.94. The van der Waals surface area contributed by atoms with Crippen LogP contribution < -0.4 is 9.47 Å². The maximum atomic E-state index is 10.7. The van der Waals surface area contributed by atoms with E-state index in [0.717, 1.165) is 22.2 Å². The SMILES string of the molecule is COc1cc(C(O)C2CCCC2C)c(OC)cc1Br. The van der Waals surface area contributed by atoms with Gasteiger partial charge >= 0.3 is 0 Å². The average Bonchev–Trinajstić information content (AvgIpc) is 2.83. The third-order valence-corrected chi connectivity index (χ3v) is 4.78. The first-order chi connectivity index (χ1) is 9.08. The molecule has 0 bridgehead atoms. The molecule has 106 valence electrons. The molecule has 3 atom stereocenters. The van der Waals surface area contributed by atoms with Gasteiger partial charge in [0.15, 0.2) is 0 Å². The van der Waals surface area contributed by atoms with Crippen molar-refractivity contribution in [2.45, 2.75) is 32.3 Å². The third kappa shape index (κ3) is 2.90. The van der Waals surface area contributed by atoms with E-state index in [2.05, 4.69) is 22.9 Å². The second-order valence-corrected chi connectivity index (χ2v) is 6.10. The van der Waals surface area contributed by atoms with Crippen molar-refractivity contribution in [3.05, 3.63) is 22.2 Å². The zero-order valence-corrected chi connectivity index (χ0v) is 13.2. The quantitative estimate of drug-likeness (QED) is 0.909. The molecule has 0 heterocycles. The van der Waals surface area contributed by atoms with E-state index in [1.165, 1.54) is 12.8 Å². The van der Waals surface area contributed by atoms with E-state index in [9.17, 15) is 5.11 Å². The lowest BCUT2D eigenvalue weighted by Gasteiger charge is -2.24. The number of aliphatic hydroxyl groups excluding tert-OH is 1. The molecule has 1 aliphatic carbocycles. The summed E-state index contributed by atoms with van der Waals surface area (Å²) in [4.78, 5) is 0. The zero-order valence-electron chi connectivity index (χ0n) is 11.6. The number of hydrogen-bond donors (Lipinski definition) is 1. The molecule has 1 aliphatic rings. The molecular weight excluding hydrogens is 308 g/mol. The summed E-state index contributed by atoms with van der Waals surface area (Å²) >= 11 is 3.44. The predicted molar refractivity (Wildman–Crippen MR) is 78.7 cm³/mol. The van der Waals surface area contributed by atoms with Gasteiger partial charge in [-0.05, 0) is 46.3 Å². The molecule has 0 aromatic heterocycles. The maximum absolute atomic E-state index is 10.7. The van der Waals surface area contributed by atoms with Crippen LogP contribution in [-0.4, -0.2) is 19.3 Å². The highest BCUT2D eigenvalue weighted by Crippen LogP contribution is 2.44. The number of rotatable bonds is 4. The summed E-state index contributed by atoms with van der Waals surface area (Å²) in [5.41, 5.74) is 0.821. The minimum Gasteiger partial charge on any atom is -0.496 e. The summed E-state index contributed by atoms with van der Waals surface area (Å²) < 4.78 is 11.5. The molecule has 1 N–H and O–H groups in total. The van der Waals surface area contributed by atoms with Crippen molar-refractivity contribution in [3.63, 3.8) is 0 Å². The number of ether oxygens (including phenoxy) is 2. The number of benzene rings is 1. The van der Waals surface area contributed by atoms with Crippen LogP contribution in [0.4, 0.5) is 0 Å². The molecule has 1 saturated carbocycles. The van der Waals surface area contributed by atoms with Crippen molar-refractivity contribution in [1.29, 1.82) is 0 Å². The Labute approximate surface area is 123 Å². The Morgan fingerprint density at radius 1 is 1.21 bits per heavy atom. The first-order valence-corrected chi connectivity index (χ1v) is 7.47. The van der Waals surface area contributed by atoms with Gasteiger partial charge in [-0.15, -0.1) is 0 Å². The lowest BCUT2D eigenvalue weighted by atomic mass is 9.87. The van der Waals surface area contributed by atoms with Crippen LogP contribution in [0.1, 0.15) is 37.9 Å². The van der Waals surface area contributed by atoms with Gasteiger partial charge in [-0.1, -0.05) is 19.8 Å². The maximum Gasteiger partial charge on any atom is 0.133 e. The minimum atomic E-state index is -0.491. The van der Waals surface area contributed by atoms with E-state index in [4.69, 9.17) is 9.47 Å². The van der Waals surface area contributed by atoms with Gasteiger partial charge < -0.3 is 14.6 Å². The molecule has 1 aromatic carbocycles. The normalized spacial score (nSPS) is 24.3. The van der Waals surface area contributed by atoms with Crippen LogP contribution in [0.15, 0.2) is 16.6 Å². The fraction of sp³-hybridized carbons (Fsp3) is 0.600. The highest BCUT2D eigenvalue weighted by atomic mass is 79.9. The standard InChI is InChI=1S/C15H21BrO3/c1-9-5-4-6-10(9)15(17)11-7-14(19-3)12(16)8-13(11)18-2/h7-10,15,17H,4-6H2,1-3H3. The third-order valence-electron chi connectivity index (χ3n) is 4.16. The Bertz CT molecular complexity index is 447. The van der Waals surface area contributed by atoms with Crippen LogP contribution in [0.2, 0.25) is 0 Å². The second-order valence-electron chi connectivity index (χ2n) is 5.25. The van der Waals surface area contributed by atoms with E-state index in [-0.39, 0.29) is 0 Å². The van der Waals surface area contributed by atoms with Gasteiger partial charge in [0.2, 0.25) is 0 Å². The molecule has 1 aromatic rings. The minimum absolute atomic E-state index is 0.305. The van der Waals surface area contributed by atoms with E-state index >= 15 is 0 Å². The lowest BCUT2D eigenvalue weighted by Crippen LogP contribution is -2.16. The molecule has 3 unspecified atom stereocenters. The number of hydrogen-bond acceptors (Lipinski definition) is 3. The molecule has 4 heteroatoms. The van der Waals surface area contributed by atoms with Crippen LogP contribution in [-0.2, 0) is 0 Å². The van der Waals surface area contributed by atoms with Crippen LogP contribution >= 0.6 is 15.9 Å². The van der Waals surface area contributed by atoms with E-state index in [1.807, 2.05) is 12.1 Å². The van der Waals surface area contributed by atoms with Crippen LogP contribution in [0, 0.1) is 11.8 Å². The molecule has 19 heavy (non-hydrogen) atoms. The fourth-order valence-electron chi connectivity index (χ4n) is 2.99. The monoisotopic (exact) mass is 328 g/mol. The van der Waals surface area contributed by atoms with Crippen molar-refractivity contribution < 1.29 is 14.6 Å². The summed E-state index contributed by atoms with van der Waals surface area (Å²) in [6.45, 7) is 2.21. The Morgan fingerprint density at radius 2 is 1.89 bits per heavy atom. The fourth-order valence-corrected chi connectivity index (χ4v) is 3.47. The van der Waals surface area contributed by atoms with Gasteiger partial charge in [-0.2, -0.15) is 0 Å². The molecule has 1 fully saturated rings. The van der Waals surface area contributed by atoms with Crippen molar-refractivity contribution >= 4 is 15.9 Å². The van der Waals surface area contributed by atoms with Gasteiger partial charge in [0, 0.05) is 5.56 Å². The first-order valence-electron chi connectivity index (χ1n) is 6.68. The average molecular weight is 329 g/mol. The first kappa shape index (κ1) is 14.7. The summed E-state index contributed by atoms with van der Waals surface area (Å²) in [5.74, 6) is 2.29. The largest absolute Gasteiger partial charge is 0.496 e. The Kier molecular flexibility index (Phi) is 4.74. The van der Waals surface area contributed by atoms with Crippen LogP contribution in [0.3, 0.4) is 0 Å². The second kappa shape index (κ2) is 6.14. The highest BCUT2D eigenvalue weighted by Gasteiger charge is 2.32. The molecule has 0 saturated heterocycles.